The molecule has 3 rings (SSSR count). The van der Waals surface area contributed by atoms with Crippen molar-refractivity contribution in [1.82, 2.24) is 0 Å². The monoisotopic (exact) mass is 339 g/mol. The Hall–Kier alpha value is -2.69. The van der Waals surface area contributed by atoms with E-state index >= 15 is 0 Å². The first-order valence-corrected chi connectivity index (χ1v) is 8.66. The molecule has 1 aromatic carbocycles. The Kier molecular flexibility index (Phi) is 5.12. The average Bonchev–Trinajstić information content (AvgIpc) is 2.62. The van der Waals surface area contributed by atoms with E-state index in [-0.39, 0.29) is 0 Å². The molecular formula is C20H23N2O3+. The maximum Gasteiger partial charge on any atom is 0.303 e. The summed E-state index contributed by atoms with van der Waals surface area (Å²) in [6, 6.07) is 10.2. The molecule has 1 aliphatic rings. The zero-order valence-corrected chi connectivity index (χ0v) is 14.1. The minimum Gasteiger partial charge on any atom is -0.481 e. The van der Waals surface area contributed by atoms with Crippen molar-refractivity contribution >= 4 is 11.9 Å². The average molecular weight is 339 g/mol. The topological polar surface area (TPSA) is 94.5 Å². The van der Waals surface area contributed by atoms with Crippen LogP contribution in [0.5, 0.6) is 0 Å². The highest BCUT2D eigenvalue weighted by molar-refractivity contribution is 5.93. The molecule has 4 N–H and O–H groups in total. The molecule has 2 aromatic rings. The van der Waals surface area contributed by atoms with E-state index < -0.39 is 11.9 Å². The number of carbonyl (C=O) groups excluding carboxylic acids is 1. The van der Waals surface area contributed by atoms with Crippen molar-refractivity contribution < 1.29 is 19.7 Å². The smallest absolute Gasteiger partial charge is 0.303 e. The zero-order chi connectivity index (χ0) is 17.8. The van der Waals surface area contributed by atoms with Gasteiger partial charge in [0.2, 0.25) is 0 Å². The summed E-state index contributed by atoms with van der Waals surface area (Å²) in [7, 11) is 0. The Morgan fingerprint density at radius 1 is 1.04 bits per heavy atom. The maximum absolute atomic E-state index is 11.3. The van der Waals surface area contributed by atoms with Crippen molar-refractivity contribution in [2.75, 3.05) is 0 Å². The van der Waals surface area contributed by atoms with E-state index in [9.17, 15) is 9.59 Å². The number of aliphatic carboxylic acids is 1. The van der Waals surface area contributed by atoms with Gasteiger partial charge in [0.1, 0.15) is 5.56 Å². The van der Waals surface area contributed by atoms with Crippen molar-refractivity contribution in [3.05, 3.63) is 53.9 Å². The van der Waals surface area contributed by atoms with Crippen LogP contribution >= 0.6 is 0 Å². The molecule has 1 fully saturated rings. The summed E-state index contributed by atoms with van der Waals surface area (Å²) >= 11 is 0. The molecule has 0 radical (unpaired) electrons. The number of carboxylic acid groups (broad SMARTS) is 1. The molecule has 0 atom stereocenters. The molecule has 0 bridgehead atoms. The van der Waals surface area contributed by atoms with Gasteiger partial charge >= 0.3 is 5.97 Å². The highest BCUT2D eigenvalue weighted by Gasteiger charge is 2.24. The Morgan fingerprint density at radius 2 is 1.72 bits per heavy atom. The molecule has 5 nitrogen and oxygen atoms in total. The van der Waals surface area contributed by atoms with Crippen molar-refractivity contribution in [1.29, 1.82) is 0 Å². The number of H-pyrrole nitrogens is 1. The number of amides is 1. The van der Waals surface area contributed by atoms with Gasteiger partial charge in [0.05, 0.1) is 0 Å². The second-order valence-electron chi connectivity index (χ2n) is 6.81. The molecule has 25 heavy (non-hydrogen) atoms. The third-order valence-electron chi connectivity index (χ3n) is 5.10. The molecule has 1 heterocycles. The van der Waals surface area contributed by atoms with E-state index in [1.54, 1.807) is 12.3 Å². The lowest BCUT2D eigenvalue weighted by molar-refractivity contribution is -0.377. The van der Waals surface area contributed by atoms with E-state index in [2.05, 4.69) is 29.2 Å². The standard InChI is InChI=1S/C20H22N2O3/c21-20(25)18-10-17(11-22-12-18)16-7-5-15(6-8-16)14-3-1-13(2-4-14)9-19(23)24/h5-8,10-14H,1-4,9H2,(H2,21,25)(H,23,24)/p+1. The van der Waals surface area contributed by atoms with Gasteiger partial charge in [-0.1, -0.05) is 24.3 Å². The number of hydrogen-bond acceptors (Lipinski definition) is 2. The van der Waals surface area contributed by atoms with E-state index in [0.29, 0.717) is 23.8 Å². The molecule has 130 valence electrons. The van der Waals surface area contributed by atoms with Crippen LogP contribution in [0, 0.1) is 5.92 Å². The molecule has 1 aromatic heterocycles. The zero-order valence-electron chi connectivity index (χ0n) is 14.1. The third-order valence-corrected chi connectivity index (χ3v) is 5.10. The van der Waals surface area contributed by atoms with Crippen molar-refractivity contribution in [3.8, 4) is 11.1 Å². The van der Waals surface area contributed by atoms with Gasteiger partial charge < -0.3 is 10.8 Å². The van der Waals surface area contributed by atoms with Gasteiger partial charge in [-0.3, -0.25) is 9.59 Å². The van der Waals surface area contributed by atoms with Crippen molar-refractivity contribution in [2.24, 2.45) is 11.7 Å². The summed E-state index contributed by atoms with van der Waals surface area (Å²) in [4.78, 5) is 25.1. The number of nitrogens with two attached hydrogens (primary N) is 1. The number of carboxylic acids is 1. The van der Waals surface area contributed by atoms with E-state index in [0.717, 1.165) is 36.8 Å². The molecular weight excluding hydrogens is 316 g/mol. The molecule has 0 unspecified atom stereocenters. The van der Waals surface area contributed by atoms with Crippen LogP contribution in [0.1, 0.15) is 53.9 Å². The van der Waals surface area contributed by atoms with Crippen LogP contribution in [0.15, 0.2) is 42.7 Å². The summed E-state index contributed by atoms with van der Waals surface area (Å²) < 4.78 is 0. The van der Waals surface area contributed by atoms with Crippen molar-refractivity contribution in [3.63, 3.8) is 0 Å². The molecule has 1 saturated carbocycles. The number of aromatic nitrogens is 1. The first-order chi connectivity index (χ1) is 12.0. The van der Waals surface area contributed by atoms with Gasteiger partial charge in [0.15, 0.2) is 12.4 Å². The number of rotatable bonds is 5. The van der Waals surface area contributed by atoms with E-state index in [1.165, 1.54) is 5.56 Å². The normalized spacial score (nSPS) is 20.2. The second kappa shape index (κ2) is 7.47. The molecule has 1 aliphatic carbocycles. The number of hydrogen-bond donors (Lipinski definition) is 2. The van der Waals surface area contributed by atoms with Gasteiger partial charge in [-0.15, -0.1) is 0 Å². The SMILES string of the molecule is NC(=O)c1c[nH+]cc(-c2ccc(C3CCC(CC(=O)O)CC3)cc2)c1. The maximum atomic E-state index is 11.3. The minimum absolute atomic E-state index is 0.290. The predicted octanol–water partition coefficient (Wildman–Crippen LogP) is 3.02. The fourth-order valence-electron chi connectivity index (χ4n) is 3.68. The highest BCUT2D eigenvalue weighted by Crippen LogP contribution is 2.37. The summed E-state index contributed by atoms with van der Waals surface area (Å²) in [5.74, 6) is -0.321. The quantitative estimate of drug-likeness (QED) is 0.876. The van der Waals surface area contributed by atoms with Gasteiger partial charge in [-0.25, -0.2) is 4.98 Å². The van der Waals surface area contributed by atoms with Crippen LogP contribution in [0.4, 0.5) is 0 Å². The number of primary amides is 1. The number of aromatic amines is 1. The van der Waals surface area contributed by atoms with Crippen LogP contribution in [0.25, 0.3) is 11.1 Å². The van der Waals surface area contributed by atoms with E-state index in [4.69, 9.17) is 10.8 Å². The molecule has 0 aliphatic heterocycles. The van der Waals surface area contributed by atoms with E-state index in [1.807, 2.05) is 6.20 Å². The molecule has 0 saturated heterocycles. The van der Waals surface area contributed by atoms with Crippen LogP contribution < -0.4 is 10.7 Å². The lowest BCUT2D eigenvalue weighted by Gasteiger charge is -2.28. The molecule has 0 spiro atoms. The summed E-state index contributed by atoms with van der Waals surface area (Å²) in [6.45, 7) is 0. The Labute approximate surface area is 146 Å². The second-order valence-corrected chi connectivity index (χ2v) is 6.81. The van der Waals surface area contributed by atoms with Crippen LogP contribution in [-0.4, -0.2) is 17.0 Å². The first-order valence-electron chi connectivity index (χ1n) is 8.66. The first kappa shape index (κ1) is 17.1. The molecule has 5 heteroatoms. The largest absolute Gasteiger partial charge is 0.481 e. The Balaban J connectivity index is 1.68. The van der Waals surface area contributed by atoms with Crippen LogP contribution in [-0.2, 0) is 4.79 Å². The fraction of sp³-hybridized carbons (Fsp3) is 0.350. The highest BCUT2D eigenvalue weighted by atomic mass is 16.4. The fourth-order valence-corrected chi connectivity index (χ4v) is 3.68. The summed E-state index contributed by atoms with van der Waals surface area (Å²) in [5, 5.41) is 8.91. The van der Waals surface area contributed by atoms with Crippen LogP contribution in [0.2, 0.25) is 0 Å². The minimum atomic E-state index is -0.692. The third kappa shape index (κ3) is 4.24. The number of carbonyl (C=O) groups is 2. The summed E-state index contributed by atoms with van der Waals surface area (Å²) in [5.41, 5.74) is 9.04. The Morgan fingerprint density at radius 3 is 2.32 bits per heavy atom. The lowest BCUT2D eigenvalue weighted by Crippen LogP contribution is -2.16. The lowest BCUT2D eigenvalue weighted by atomic mass is 9.77. The number of benzene rings is 1. The number of pyridine rings is 1. The number of nitrogens with one attached hydrogen (secondary N) is 1. The van der Waals surface area contributed by atoms with Crippen molar-refractivity contribution in [2.45, 2.75) is 38.0 Å². The van der Waals surface area contributed by atoms with Crippen LogP contribution in [0.3, 0.4) is 0 Å². The van der Waals surface area contributed by atoms with Gasteiger partial charge in [0.25, 0.3) is 5.91 Å². The molecule has 1 amide bonds. The predicted molar refractivity (Wildman–Crippen MR) is 93.9 cm³/mol. The summed E-state index contributed by atoms with van der Waals surface area (Å²) in [6.07, 6.45) is 7.78. The van der Waals surface area contributed by atoms with Gasteiger partial charge in [-0.2, -0.15) is 0 Å². The van der Waals surface area contributed by atoms with Gasteiger partial charge in [-0.05, 0) is 54.7 Å². The Bertz CT molecular complexity index is 763. The van der Waals surface area contributed by atoms with Gasteiger partial charge in [0, 0.05) is 12.0 Å².